The molecule has 0 aliphatic carbocycles. The Labute approximate surface area is 122 Å². The minimum Gasteiger partial charge on any atom is -0.281 e. The van der Waals surface area contributed by atoms with Gasteiger partial charge < -0.3 is 0 Å². The van der Waals surface area contributed by atoms with Crippen LogP contribution in [0.4, 0.5) is 0 Å². The summed E-state index contributed by atoms with van der Waals surface area (Å²) in [5.74, 6) is 0.776. The van der Waals surface area contributed by atoms with Crippen LogP contribution < -0.4 is 0 Å². The van der Waals surface area contributed by atoms with Crippen LogP contribution in [-0.2, 0) is 0 Å². The van der Waals surface area contributed by atoms with Gasteiger partial charge in [-0.1, -0.05) is 11.6 Å². The molecule has 0 bridgehead atoms. The Balaban J connectivity index is 2.30. The van der Waals surface area contributed by atoms with Gasteiger partial charge in [0.1, 0.15) is 6.33 Å². The molecule has 1 aromatic carbocycles. The van der Waals surface area contributed by atoms with E-state index >= 15 is 0 Å². The van der Waals surface area contributed by atoms with Gasteiger partial charge in [0.25, 0.3) is 0 Å². The second kappa shape index (κ2) is 4.56. The molecular weight excluding hydrogens is 272 g/mol. The quantitative estimate of drug-likeness (QED) is 0.685. The third-order valence-corrected chi connectivity index (χ3v) is 4.19. The monoisotopic (exact) mass is 286 g/mol. The van der Waals surface area contributed by atoms with Gasteiger partial charge in [0.2, 0.25) is 0 Å². The first-order valence-corrected chi connectivity index (χ1v) is 6.81. The van der Waals surface area contributed by atoms with Crippen LogP contribution in [0.2, 0.25) is 5.15 Å². The van der Waals surface area contributed by atoms with Crippen molar-refractivity contribution in [3.8, 4) is 5.82 Å². The zero-order valence-corrected chi connectivity index (χ0v) is 12.7. The van der Waals surface area contributed by atoms with Gasteiger partial charge in [-0.2, -0.15) is 0 Å². The Morgan fingerprint density at radius 3 is 2.40 bits per heavy atom. The minimum absolute atomic E-state index is 0.447. The molecule has 4 nitrogen and oxygen atoms in total. The van der Waals surface area contributed by atoms with E-state index in [0.29, 0.717) is 5.15 Å². The predicted octanol–water partition coefficient (Wildman–Crippen LogP) is 3.70. The van der Waals surface area contributed by atoms with E-state index in [2.05, 4.69) is 41.2 Å². The highest BCUT2D eigenvalue weighted by Gasteiger charge is 2.13. The molecule has 0 saturated carbocycles. The molecule has 3 aromatic rings. The normalized spacial score (nSPS) is 11.2. The molecule has 2 heterocycles. The van der Waals surface area contributed by atoms with Crippen LogP contribution in [0.15, 0.2) is 18.5 Å². The summed E-state index contributed by atoms with van der Waals surface area (Å²) in [6.07, 6.45) is 1.79. The van der Waals surface area contributed by atoms with E-state index < -0.39 is 0 Å². The molecule has 0 fully saturated rings. The van der Waals surface area contributed by atoms with Gasteiger partial charge in [0.15, 0.2) is 11.0 Å². The third kappa shape index (κ3) is 1.88. The van der Waals surface area contributed by atoms with Crippen LogP contribution in [0, 0.1) is 27.7 Å². The lowest BCUT2D eigenvalue weighted by Crippen LogP contribution is -2.04. The fourth-order valence-corrected chi connectivity index (χ4v) is 2.41. The van der Waals surface area contributed by atoms with Crippen LogP contribution in [0.5, 0.6) is 0 Å². The van der Waals surface area contributed by atoms with E-state index in [1.807, 2.05) is 18.4 Å². The van der Waals surface area contributed by atoms with Crippen molar-refractivity contribution in [2.75, 3.05) is 0 Å². The van der Waals surface area contributed by atoms with E-state index in [-0.39, 0.29) is 0 Å². The van der Waals surface area contributed by atoms with Crippen LogP contribution in [0.3, 0.4) is 0 Å². The molecule has 0 aliphatic rings. The smallest absolute Gasteiger partial charge is 0.164 e. The van der Waals surface area contributed by atoms with E-state index in [0.717, 1.165) is 28.0 Å². The fourth-order valence-electron chi connectivity index (χ4n) is 2.23. The van der Waals surface area contributed by atoms with E-state index in [4.69, 9.17) is 11.6 Å². The highest BCUT2D eigenvalue weighted by Crippen LogP contribution is 2.25. The molecule has 0 amide bonds. The Morgan fingerprint density at radius 1 is 0.950 bits per heavy atom. The maximum Gasteiger partial charge on any atom is 0.164 e. The van der Waals surface area contributed by atoms with Gasteiger partial charge in [-0.25, -0.2) is 4.98 Å². The summed E-state index contributed by atoms with van der Waals surface area (Å²) in [4.78, 5) is 4.45. The predicted molar refractivity (Wildman–Crippen MR) is 80.6 cm³/mol. The molecule has 0 N–H and O–H groups in total. The number of hydrogen-bond acceptors (Lipinski definition) is 3. The summed E-state index contributed by atoms with van der Waals surface area (Å²) in [5, 5.41) is 8.68. The zero-order chi connectivity index (χ0) is 14.4. The number of hydrogen-bond donors (Lipinski definition) is 0. The fraction of sp³-hybridized carbons (Fsp3) is 0.267. The molecule has 0 spiro atoms. The van der Waals surface area contributed by atoms with Crippen LogP contribution >= 0.6 is 11.6 Å². The Bertz CT molecular complexity index is 820. The molecule has 0 aliphatic heterocycles. The van der Waals surface area contributed by atoms with Gasteiger partial charge in [-0.05, 0) is 56.5 Å². The van der Waals surface area contributed by atoms with Crippen LogP contribution in [-0.4, -0.2) is 19.7 Å². The Hall–Kier alpha value is -1.94. The van der Waals surface area contributed by atoms with Crippen molar-refractivity contribution in [2.45, 2.75) is 27.7 Å². The Kier molecular flexibility index (Phi) is 2.98. The summed E-state index contributed by atoms with van der Waals surface area (Å²) < 4.78 is 1.97. The number of fused-ring (bicyclic) bond motifs is 1. The van der Waals surface area contributed by atoms with Gasteiger partial charge >= 0.3 is 0 Å². The SMILES string of the molecule is Cc1cc2ncn(-c3nnc(Cl)c(C)c3C)c2cc1C. The van der Waals surface area contributed by atoms with E-state index in [9.17, 15) is 0 Å². The molecular formula is C15H15ClN4. The van der Waals surface area contributed by atoms with E-state index in [1.165, 1.54) is 11.1 Å². The van der Waals surface area contributed by atoms with E-state index in [1.54, 1.807) is 6.33 Å². The summed E-state index contributed by atoms with van der Waals surface area (Å²) in [6.45, 7) is 8.13. The molecule has 3 rings (SSSR count). The third-order valence-electron chi connectivity index (χ3n) is 3.83. The minimum atomic E-state index is 0.447. The second-order valence-corrected chi connectivity index (χ2v) is 5.46. The summed E-state index contributed by atoms with van der Waals surface area (Å²) >= 11 is 6.01. The summed E-state index contributed by atoms with van der Waals surface area (Å²) in [7, 11) is 0. The van der Waals surface area contributed by atoms with Crippen molar-refractivity contribution < 1.29 is 0 Å². The molecule has 20 heavy (non-hydrogen) atoms. The number of rotatable bonds is 1. The molecule has 0 atom stereocenters. The first-order chi connectivity index (χ1) is 9.49. The number of aromatic nitrogens is 4. The van der Waals surface area contributed by atoms with Gasteiger partial charge in [-0.3, -0.25) is 4.57 Å². The van der Waals surface area contributed by atoms with Crippen molar-refractivity contribution in [2.24, 2.45) is 0 Å². The van der Waals surface area contributed by atoms with Gasteiger partial charge in [-0.15, -0.1) is 10.2 Å². The number of aryl methyl sites for hydroxylation is 2. The molecule has 0 unspecified atom stereocenters. The van der Waals surface area contributed by atoms with Crippen molar-refractivity contribution >= 4 is 22.6 Å². The number of halogens is 1. The van der Waals surface area contributed by atoms with Crippen LogP contribution in [0.1, 0.15) is 22.3 Å². The first kappa shape index (κ1) is 13.1. The Morgan fingerprint density at radius 2 is 1.65 bits per heavy atom. The lowest BCUT2D eigenvalue weighted by molar-refractivity contribution is 0.902. The van der Waals surface area contributed by atoms with Crippen molar-refractivity contribution in [1.29, 1.82) is 0 Å². The molecule has 0 saturated heterocycles. The number of nitrogens with zero attached hydrogens (tertiary/aromatic N) is 4. The maximum absolute atomic E-state index is 6.01. The molecule has 2 aromatic heterocycles. The largest absolute Gasteiger partial charge is 0.281 e. The highest BCUT2D eigenvalue weighted by atomic mass is 35.5. The van der Waals surface area contributed by atoms with Crippen molar-refractivity contribution in [1.82, 2.24) is 19.7 Å². The maximum atomic E-state index is 6.01. The lowest BCUT2D eigenvalue weighted by Gasteiger charge is -2.10. The van der Waals surface area contributed by atoms with Crippen molar-refractivity contribution in [3.63, 3.8) is 0 Å². The van der Waals surface area contributed by atoms with Gasteiger partial charge in [0, 0.05) is 5.56 Å². The summed E-state index contributed by atoms with van der Waals surface area (Å²) in [5.41, 5.74) is 6.42. The van der Waals surface area contributed by atoms with Crippen molar-refractivity contribution in [3.05, 3.63) is 45.9 Å². The van der Waals surface area contributed by atoms with Crippen LogP contribution in [0.25, 0.3) is 16.9 Å². The number of imidazole rings is 1. The lowest BCUT2D eigenvalue weighted by atomic mass is 10.1. The second-order valence-electron chi connectivity index (χ2n) is 5.10. The molecule has 0 radical (unpaired) electrons. The zero-order valence-electron chi connectivity index (χ0n) is 11.9. The average molecular weight is 287 g/mol. The highest BCUT2D eigenvalue weighted by molar-refractivity contribution is 6.30. The number of benzene rings is 1. The van der Waals surface area contributed by atoms with Gasteiger partial charge in [0.05, 0.1) is 11.0 Å². The summed E-state index contributed by atoms with van der Waals surface area (Å²) in [6, 6.07) is 4.22. The average Bonchev–Trinajstić information content (AvgIpc) is 2.80. The topological polar surface area (TPSA) is 43.6 Å². The molecule has 102 valence electrons. The standard InChI is InChI=1S/C15H15ClN4/c1-8-5-12-13(6-9(8)2)20(7-17-12)15-11(4)10(3)14(16)18-19-15/h5-7H,1-4H3. The first-order valence-electron chi connectivity index (χ1n) is 6.43. The molecule has 5 heteroatoms.